The second-order valence-electron chi connectivity index (χ2n) is 3.71. The van der Waals surface area contributed by atoms with E-state index in [0.717, 1.165) is 0 Å². The highest BCUT2D eigenvalue weighted by atomic mass is 32.2. The molecular formula is C10H15N3O4S. The third-order valence-electron chi connectivity index (χ3n) is 2.06. The van der Waals surface area contributed by atoms with Crippen LogP contribution in [-0.4, -0.2) is 50.2 Å². The molecule has 0 atom stereocenters. The summed E-state index contributed by atoms with van der Waals surface area (Å²) < 4.78 is 26.3. The van der Waals surface area contributed by atoms with E-state index in [9.17, 15) is 13.2 Å². The van der Waals surface area contributed by atoms with E-state index in [1.807, 2.05) is 0 Å². The predicted molar refractivity (Wildman–Crippen MR) is 66.2 cm³/mol. The van der Waals surface area contributed by atoms with Crippen molar-refractivity contribution in [1.29, 1.82) is 0 Å². The quantitative estimate of drug-likeness (QED) is 0.580. The summed E-state index contributed by atoms with van der Waals surface area (Å²) in [5, 5.41) is 10.4. The number of anilines is 1. The number of carbonyl (C=O) groups is 1. The summed E-state index contributed by atoms with van der Waals surface area (Å²) in [5.74, 6) is 0.0514. The average Bonchev–Trinajstić information content (AvgIpc) is 2.33. The minimum atomic E-state index is -2.94. The number of ether oxygens (including phenoxy) is 1. The summed E-state index contributed by atoms with van der Waals surface area (Å²) in [6.07, 6.45) is 1.68. The second kappa shape index (κ2) is 6.29. The highest BCUT2D eigenvalue weighted by Gasteiger charge is 2.07. The molecule has 18 heavy (non-hydrogen) atoms. The normalized spacial score (nSPS) is 11.0. The molecule has 0 saturated heterocycles. The van der Waals surface area contributed by atoms with Crippen LogP contribution in [0.5, 0.6) is 0 Å². The number of nitrogens with one attached hydrogen (secondary N) is 1. The van der Waals surface area contributed by atoms with Crippen molar-refractivity contribution in [2.45, 2.75) is 6.42 Å². The highest BCUT2D eigenvalue weighted by molar-refractivity contribution is 7.90. The van der Waals surface area contributed by atoms with Crippen LogP contribution in [0.3, 0.4) is 0 Å². The second-order valence-corrected chi connectivity index (χ2v) is 5.97. The Morgan fingerprint density at radius 3 is 2.61 bits per heavy atom. The molecule has 0 spiro atoms. The standard InChI is InChI=1S/C10H15N3O4S/c1-17-10(14)8-4-5-9(13-12-8)11-6-3-7-18(2,15)16/h4-5H,3,6-7H2,1-2H3,(H,11,13). The van der Waals surface area contributed by atoms with Crippen molar-refractivity contribution in [1.82, 2.24) is 10.2 Å². The van der Waals surface area contributed by atoms with Crippen LogP contribution in [-0.2, 0) is 14.6 Å². The third kappa shape index (κ3) is 5.09. The number of hydrogen-bond donors (Lipinski definition) is 1. The van der Waals surface area contributed by atoms with E-state index in [1.54, 1.807) is 6.07 Å². The maximum absolute atomic E-state index is 11.1. The summed E-state index contributed by atoms with van der Waals surface area (Å²) >= 11 is 0. The number of rotatable bonds is 6. The van der Waals surface area contributed by atoms with Gasteiger partial charge in [0.15, 0.2) is 5.69 Å². The van der Waals surface area contributed by atoms with Crippen LogP contribution >= 0.6 is 0 Å². The first-order valence-electron chi connectivity index (χ1n) is 5.26. The summed E-state index contributed by atoms with van der Waals surface area (Å²) in [6.45, 7) is 0.472. The number of methoxy groups -OCH3 is 1. The number of hydrogen-bond acceptors (Lipinski definition) is 7. The Labute approximate surface area is 105 Å². The zero-order valence-corrected chi connectivity index (χ0v) is 11.0. The topological polar surface area (TPSA) is 98.2 Å². The van der Waals surface area contributed by atoms with E-state index in [1.165, 1.54) is 19.4 Å². The highest BCUT2D eigenvalue weighted by Crippen LogP contribution is 2.03. The molecule has 0 aliphatic rings. The molecule has 0 amide bonds. The maximum Gasteiger partial charge on any atom is 0.358 e. The van der Waals surface area contributed by atoms with Crippen molar-refractivity contribution in [3.63, 3.8) is 0 Å². The van der Waals surface area contributed by atoms with E-state index >= 15 is 0 Å². The van der Waals surface area contributed by atoms with Crippen LogP contribution in [0.4, 0.5) is 5.82 Å². The van der Waals surface area contributed by atoms with E-state index in [4.69, 9.17) is 0 Å². The fourth-order valence-electron chi connectivity index (χ4n) is 1.19. The van der Waals surface area contributed by atoms with Crippen LogP contribution in [0.25, 0.3) is 0 Å². The summed E-state index contributed by atoms with van der Waals surface area (Å²) in [5.41, 5.74) is 0.124. The molecule has 100 valence electrons. The minimum absolute atomic E-state index is 0.119. The smallest absolute Gasteiger partial charge is 0.358 e. The van der Waals surface area contributed by atoms with Crippen molar-refractivity contribution in [2.75, 3.05) is 31.0 Å². The van der Waals surface area contributed by atoms with Gasteiger partial charge in [-0.25, -0.2) is 13.2 Å². The minimum Gasteiger partial charge on any atom is -0.464 e. The molecule has 1 rings (SSSR count). The predicted octanol–water partition coefficient (Wildman–Crippen LogP) is 0.110. The molecule has 1 aromatic rings. The van der Waals surface area contributed by atoms with Gasteiger partial charge in [-0.3, -0.25) is 0 Å². The van der Waals surface area contributed by atoms with Crippen LogP contribution < -0.4 is 5.32 Å². The number of nitrogens with zero attached hydrogens (tertiary/aromatic N) is 2. The van der Waals surface area contributed by atoms with Gasteiger partial charge in [0.25, 0.3) is 0 Å². The molecule has 7 nitrogen and oxygen atoms in total. The third-order valence-corrected chi connectivity index (χ3v) is 3.09. The molecular weight excluding hydrogens is 258 g/mol. The fourth-order valence-corrected chi connectivity index (χ4v) is 1.86. The van der Waals surface area contributed by atoms with E-state index in [0.29, 0.717) is 18.8 Å². The summed E-state index contributed by atoms with van der Waals surface area (Å²) in [4.78, 5) is 11.1. The van der Waals surface area contributed by atoms with Gasteiger partial charge < -0.3 is 10.1 Å². The van der Waals surface area contributed by atoms with E-state index in [2.05, 4.69) is 20.3 Å². The van der Waals surface area contributed by atoms with Gasteiger partial charge in [0.1, 0.15) is 15.7 Å². The Kier molecular flexibility index (Phi) is 5.02. The zero-order valence-electron chi connectivity index (χ0n) is 10.2. The largest absolute Gasteiger partial charge is 0.464 e. The number of aromatic nitrogens is 2. The fraction of sp³-hybridized carbons (Fsp3) is 0.500. The monoisotopic (exact) mass is 273 g/mol. The van der Waals surface area contributed by atoms with Gasteiger partial charge in [-0.1, -0.05) is 0 Å². The molecule has 0 aliphatic carbocycles. The Morgan fingerprint density at radius 1 is 1.39 bits per heavy atom. The van der Waals surface area contributed by atoms with Crippen LogP contribution in [0, 0.1) is 0 Å². The lowest BCUT2D eigenvalue weighted by Gasteiger charge is -2.04. The molecule has 0 radical (unpaired) electrons. The Bertz CT molecular complexity index is 498. The van der Waals surface area contributed by atoms with E-state index < -0.39 is 15.8 Å². The molecule has 0 unspecified atom stereocenters. The van der Waals surface area contributed by atoms with Gasteiger partial charge in [-0.2, -0.15) is 0 Å². The molecule has 0 aliphatic heterocycles. The first kappa shape index (κ1) is 14.4. The molecule has 1 N–H and O–H groups in total. The SMILES string of the molecule is COC(=O)c1ccc(NCCCS(C)(=O)=O)nn1. The Balaban J connectivity index is 2.42. The molecule has 1 aromatic heterocycles. The zero-order chi connectivity index (χ0) is 13.6. The summed E-state index contributed by atoms with van der Waals surface area (Å²) in [7, 11) is -1.67. The number of carbonyl (C=O) groups excluding carboxylic acids is 1. The van der Waals surface area contributed by atoms with Crippen molar-refractivity contribution >= 4 is 21.6 Å². The van der Waals surface area contributed by atoms with Gasteiger partial charge in [0.2, 0.25) is 0 Å². The number of sulfone groups is 1. The molecule has 1 heterocycles. The van der Waals surface area contributed by atoms with Crippen molar-refractivity contribution in [3.05, 3.63) is 17.8 Å². The van der Waals surface area contributed by atoms with Crippen molar-refractivity contribution in [2.24, 2.45) is 0 Å². The van der Waals surface area contributed by atoms with Gasteiger partial charge in [-0.15, -0.1) is 10.2 Å². The van der Waals surface area contributed by atoms with Gasteiger partial charge in [-0.05, 0) is 18.6 Å². The molecule has 0 saturated carbocycles. The molecule has 0 fully saturated rings. The number of esters is 1. The lowest BCUT2D eigenvalue weighted by Crippen LogP contribution is -2.11. The molecule has 8 heteroatoms. The van der Waals surface area contributed by atoms with Gasteiger partial charge >= 0.3 is 5.97 Å². The van der Waals surface area contributed by atoms with Crippen molar-refractivity contribution < 1.29 is 17.9 Å². The lowest BCUT2D eigenvalue weighted by atomic mass is 10.4. The van der Waals surface area contributed by atoms with Crippen LogP contribution in [0.2, 0.25) is 0 Å². The van der Waals surface area contributed by atoms with Gasteiger partial charge in [0, 0.05) is 12.8 Å². The maximum atomic E-state index is 11.1. The average molecular weight is 273 g/mol. The Morgan fingerprint density at radius 2 is 2.11 bits per heavy atom. The van der Waals surface area contributed by atoms with E-state index in [-0.39, 0.29) is 11.4 Å². The summed E-state index contributed by atoms with van der Waals surface area (Å²) in [6, 6.07) is 3.07. The first-order chi connectivity index (χ1) is 8.42. The van der Waals surface area contributed by atoms with Crippen LogP contribution in [0.15, 0.2) is 12.1 Å². The first-order valence-corrected chi connectivity index (χ1v) is 7.32. The lowest BCUT2D eigenvalue weighted by molar-refractivity contribution is 0.0592. The Hall–Kier alpha value is -1.70. The van der Waals surface area contributed by atoms with Crippen molar-refractivity contribution in [3.8, 4) is 0 Å². The van der Waals surface area contributed by atoms with Gasteiger partial charge in [0.05, 0.1) is 12.9 Å². The van der Waals surface area contributed by atoms with Crippen LogP contribution in [0.1, 0.15) is 16.9 Å². The molecule has 0 aromatic carbocycles. The molecule has 0 bridgehead atoms.